The summed E-state index contributed by atoms with van der Waals surface area (Å²) in [6.45, 7) is 0.965. The van der Waals surface area contributed by atoms with Crippen LogP contribution in [0.5, 0.6) is 0 Å². The van der Waals surface area contributed by atoms with Crippen molar-refractivity contribution in [2.24, 2.45) is 0 Å². The van der Waals surface area contributed by atoms with Crippen molar-refractivity contribution in [3.05, 3.63) is 0 Å². The minimum Gasteiger partial charge on any atom is -0.424 e. The molecular weight excluding hydrogens is 124 g/mol. The van der Waals surface area contributed by atoms with Gasteiger partial charge in [0.2, 0.25) is 0 Å². The molecule has 2 rings (SSSR count). The molecule has 2 atom stereocenters. The summed E-state index contributed by atoms with van der Waals surface area (Å²) in [6, 6.07) is 0. The molecule has 0 aliphatic carbocycles. The van der Waals surface area contributed by atoms with Crippen LogP contribution in [0.1, 0.15) is 0 Å². The Morgan fingerprint density at radius 2 is 1.78 bits per heavy atom. The smallest absolute Gasteiger partial charge is 0.424 e. The Kier molecular flexibility index (Phi) is 0.900. The van der Waals surface area contributed by atoms with E-state index in [0.717, 1.165) is 0 Å². The van der Waals surface area contributed by atoms with Crippen LogP contribution in [-0.4, -0.2) is 31.6 Å². The molecule has 0 saturated carbocycles. The first-order valence-corrected chi connectivity index (χ1v) is 2.81. The second-order valence-corrected chi connectivity index (χ2v) is 2.10. The van der Waals surface area contributed by atoms with Gasteiger partial charge in [0, 0.05) is 0 Å². The van der Waals surface area contributed by atoms with Gasteiger partial charge in [0.15, 0.2) is 12.2 Å². The highest BCUT2D eigenvalue weighted by Crippen LogP contribution is 2.20. The first kappa shape index (κ1) is 5.05. The normalized spacial score (nSPS) is 39.8. The van der Waals surface area contributed by atoms with E-state index >= 15 is 0 Å². The molecule has 2 fully saturated rings. The van der Waals surface area contributed by atoms with Crippen molar-refractivity contribution in [3.63, 3.8) is 0 Å². The molecule has 50 valence electrons. The van der Waals surface area contributed by atoms with Crippen molar-refractivity contribution in [2.75, 3.05) is 13.2 Å². The van der Waals surface area contributed by atoms with Crippen LogP contribution in [0, 0.1) is 0 Å². The van der Waals surface area contributed by atoms with Crippen molar-refractivity contribution in [1.82, 2.24) is 0 Å². The maximum Gasteiger partial charge on any atom is 0.509 e. The highest BCUT2D eigenvalue weighted by Gasteiger charge is 2.41. The molecule has 2 heterocycles. The lowest BCUT2D eigenvalue weighted by molar-refractivity contribution is 0.0644. The van der Waals surface area contributed by atoms with Crippen molar-refractivity contribution in [1.29, 1.82) is 0 Å². The molecule has 0 spiro atoms. The Bertz CT molecular complexity index is 130. The van der Waals surface area contributed by atoms with Gasteiger partial charge in [0.1, 0.15) is 0 Å². The average molecular weight is 130 g/mol. The summed E-state index contributed by atoms with van der Waals surface area (Å²) >= 11 is 0. The van der Waals surface area contributed by atoms with E-state index in [4.69, 9.17) is 14.2 Å². The number of carbonyl (C=O) groups is 1. The van der Waals surface area contributed by atoms with Gasteiger partial charge in [-0.25, -0.2) is 4.79 Å². The van der Waals surface area contributed by atoms with Crippen molar-refractivity contribution < 1.29 is 19.0 Å². The molecule has 0 bridgehead atoms. The third kappa shape index (κ3) is 0.666. The van der Waals surface area contributed by atoms with E-state index in [1.807, 2.05) is 0 Å². The summed E-state index contributed by atoms with van der Waals surface area (Å²) in [4.78, 5) is 10.4. The van der Waals surface area contributed by atoms with Crippen LogP contribution in [0.4, 0.5) is 4.79 Å². The molecular formula is C5H6O4. The van der Waals surface area contributed by atoms with Gasteiger partial charge in [0.25, 0.3) is 0 Å². The van der Waals surface area contributed by atoms with E-state index in [1.54, 1.807) is 0 Å². The second kappa shape index (κ2) is 1.60. The van der Waals surface area contributed by atoms with E-state index in [9.17, 15) is 4.79 Å². The molecule has 9 heavy (non-hydrogen) atoms. The summed E-state index contributed by atoms with van der Waals surface area (Å²) in [5.74, 6) is 0. The molecule has 2 saturated heterocycles. The van der Waals surface area contributed by atoms with E-state index in [0.29, 0.717) is 13.2 Å². The Morgan fingerprint density at radius 1 is 1.22 bits per heavy atom. The van der Waals surface area contributed by atoms with E-state index in [-0.39, 0.29) is 12.2 Å². The van der Waals surface area contributed by atoms with Crippen LogP contribution < -0.4 is 0 Å². The maximum absolute atomic E-state index is 10.4. The molecule has 2 aliphatic heterocycles. The molecule has 0 aromatic heterocycles. The molecule has 0 unspecified atom stereocenters. The SMILES string of the molecule is O=C1O[C@H]2COC[C@H]2O1. The minimum absolute atomic E-state index is 0.141. The average Bonchev–Trinajstić information content (AvgIpc) is 2.22. The number of ether oxygens (including phenoxy) is 3. The van der Waals surface area contributed by atoms with Crippen LogP contribution in [0.3, 0.4) is 0 Å². The Morgan fingerprint density at radius 3 is 2.33 bits per heavy atom. The van der Waals surface area contributed by atoms with E-state index in [2.05, 4.69) is 0 Å². The van der Waals surface area contributed by atoms with Crippen molar-refractivity contribution in [2.45, 2.75) is 12.2 Å². The highest BCUT2D eigenvalue weighted by molar-refractivity contribution is 5.62. The molecule has 4 heteroatoms. The zero-order valence-electron chi connectivity index (χ0n) is 4.70. The Hall–Kier alpha value is -0.770. The summed E-state index contributed by atoms with van der Waals surface area (Å²) in [5, 5.41) is 0. The number of carbonyl (C=O) groups excluding carboxylic acids is 1. The van der Waals surface area contributed by atoms with Crippen LogP contribution >= 0.6 is 0 Å². The van der Waals surface area contributed by atoms with E-state index < -0.39 is 6.16 Å². The van der Waals surface area contributed by atoms with Crippen molar-refractivity contribution >= 4 is 6.16 Å². The predicted molar refractivity (Wildman–Crippen MR) is 26.0 cm³/mol. The zero-order valence-corrected chi connectivity index (χ0v) is 4.70. The van der Waals surface area contributed by atoms with Gasteiger partial charge >= 0.3 is 6.16 Å². The zero-order chi connectivity index (χ0) is 6.27. The fourth-order valence-electron chi connectivity index (χ4n) is 1.01. The monoisotopic (exact) mass is 130 g/mol. The van der Waals surface area contributed by atoms with E-state index in [1.165, 1.54) is 0 Å². The summed E-state index contributed by atoms with van der Waals surface area (Å²) < 4.78 is 14.4. The van der Waals surface area contributed by atoms with Gasteiger partial charge in [-0.05, 0) is 0 Å². The van der Waals surface area contributed by atoms with Gasteiger partial charge in [-0.3, -0.25) is 0 Å². The molecule has 4 nitrogen and oxygen atoms in total. The third-order valence-corrected chi connectivity index (χ3v) is 1.47. The first-order chi connectivity index (χ1) is 4.36. The molecule has 0 amide bonds. The largest absolute Gasteiger partial charge is 0.509 e. The fraction of sp³-hybridized carbons (Fsp3) is 0.800. The Labute approximate surface area is 51.7 Å². The molecule has 0 aromatic rings. The summed E-state index contributed by atoms with van der Waals surface area (Å²) in [6.07, 6.45) is -0.844. The Balaban J connectivity index is 2.09. The lowest BCUT2D eigenvalue weighted by Crippen LogP contribution is -2.18. The van der Waals surface area contributed by atoms with Gasteiger partial charge in [-0.1, -0.05) is 0 Å². The van der Waals surface area contributed by atoms with Crippen LogP contribution in [0.2, 0.25) is 0 Å². The molecule has 0 N–H and O–H groups in total. The number of hydrogen-bond donors (Lipinski definition) is 0. The van der Waals surface area contributed by atoms with Crippen molar-refractivity contribution in [3.8, 4) is 0 Å². The lowest BCUT2D eigenvalue weighted by atomic mass is 10.3. The third-order valence-electron chi connectivity index (χ3n) is 1.47. The van der Waals surface area contributed by atoms with Gasteiger partial charge in [0.05, 0.1) is 13.2 Å². The number of rotatable bonds is 0. The summed E-state index contributed by atoms with van der Waals surface area (Å²) in [5.41, 5.74) is 0. The topological polar surface area (TPSA) is 44.8 Å². The molecule has 0 radical (unpaired) electrons. The number of fused-ring (bicyclic) bond motifs is 1. The standard InChI is InChI=1S/C5H6O4/c6-5-8-3-1-7-2-4(3)9-5/h3-4H,1-2H2/t3-,4+. The van der Waals surface area contributed by atoms with Gasteiger partial charge in [-0.2, -0.15) is 0 Å². The highest BCUT2D eigenvalue weighted by atomic mass is 16.8. The number of hydrogen-bond acceptors (Lipinski definition) is 4. The molecule has 2 aliphatic rings. The minimum atomic E-state index is -0.562. The molecule has 0 aromatic carbocycles. The van der Waals surface area contributed by atoms with Crippen LogP contribution in [0.15, 0.2) is 0 Å². The van der Waals surface area contributed by atoms with Crippen LogP contribution in [0.25, 0.3) is 0 Å². The van der Waals surface area contributed by atoms with Gasteiger partial charge < -0.3 is 14.2 Å². The van der Waals surface area contributed by atoms with Gasteiger partial charge in [-0.15, -0.1) is 0 Å². The first-order valence-electron chi connectivity index (χ1n) is 2.81. The maximum atomic E-state index is 10.4. The second-order valence-electron chi connectivity index (χ2n) is 2.10. The predicted octanol–water partition coefficient (Wildman–Crippen LogP) is -0.0794. The summed E-state index contributed by atoms with van der Waals surface area (Å²) in [7, 11) is 0. The fourth-order valence-corrected chi connectivity index (χ4v) is 1.01. The van der Waals surface area contributed by atoms with Crippen LogP contribution in [-0.2, 0) is 14.2 Å². The quantitative estimate of drug-likeness (QED) is 0.430. The lowest BCUT2D eigenvalue weighted by Gasteiger charge is -1.97.